The summed E-state index contributed by atoms with van der Waals surface area (Å²) in [5.74, 6) is 5.58. The first kappa shape index (κ1) is 23.6. The molecule has 0 radical (unpaired) electrons. The van der Waals surface area contributed by atoms with Gasteiger partial charge in [-0.25, -0.2) is 9.50 Å². The van der Waals surface area contributed by atoms with Gasteiger partial charge in [0.2, 0.25) is 0 Å². The van der Waals surface area contributed by atoms with Gasteiger partial charge in [-0.05, 0) is 82.6 Å². The van der Waals surface area contributed by atoms with Crippen molar-refractivity contribution in [1.29, 1.82) is 0 Å². The number of nitrogens with one attached hydrogen (secondary N) is 2. The predicted octanol–water partition coefficient (Wildman–Crippen LogP) is 5.39. The molecule has 3 heterocycles. The first-order chi connectivity index (χ1) is 17.3. The second-order valence-electron chi connectivity index (χ2n) is 7.58. The number of hydrogen-bond acceptors (Lipinski definition) is 4. The SMILES string of the molecule is O=C(Nc1ccc(C(F)(F)F)c(-c2cn[nH]c2)c1)c1ccc(I)c(C#Cc2cnc3cccnn23)c1. The van der Waals surface area contributed by atoms with Gasteiger partial charge in [-0.3, -0.25) is 9.89 Å². The molecule has 0 aliphatic carbocycles. The van der Waals surface area contributed by atoms with E-state index in [1.807, 2.05) is 6.07 Å². The molecule has 5 aromatic rings. The fourth-order valence-electron chi connectivity index (χ4n) is 3.52. The maximum atomic E-state index is 13.5. The number of halogens is 4. The summed E-state index contributed by atoms with van der Waals surface area (Å²) in [6.07, 6.45) is 1.34. The Labute approximate surface area is 215 Å². The van der Waals surface area contributed by atoms with Gasteiger partial charge in [0.05, 0.1) is 18.0 Å². The van der Waals surface area contributed by atoms with E-state index in [9.17, 15) is 18.0 Å². The van der Waals surface area contributed by atoms with Crippen molar-refractivity contribution in [3.63, 3.8) is 0 Å². The number of hydrogen-bond donors (Lipinski definition) is 2. The van der Waals surface area contributed by atoms with Gasteiger partial charge in [-0.15, -0.1) is 0 Å². The minimum Gasteiger partial charge on any atom is -0.322 e. The molecule has 178 valence electrons. The number of anilines is 1. The van der Waals surface area contributed by atoms with Gasteiger partial charge >= 0.3 is 6.18 Å². The van der Waals surface area contributed by atoms with E-state index in [2.05, 4.69) is 60.0 Å². The van der Waals surface area contributed by atoms with E-state index in [0.29, 0.717) is 22.5 Å². The van der Waals surface area contributed by atoms with Crippen molar-refractivity contribution in [2.75, 3.05) is 5.32 Å². The minimum absolute atomic E-state index is 0.0927. The second kappa shape index (κ2) is 9.46. The van der Waals surface area contributed by atoms with Crippen LogP contribution in [-0.4, -0.2) is 30.7 Å². The number of rotatable bonds is 3. The molecule has 1 amide bonds. The summed E-state index contributed by atoms with van der Waals surface area (Å²) in [6.45, 7) is 0. The van der Waals surface area contributed by atoms with Crippen LogP contribution in [0.25, 0.3) is 16.8 Å². The lowest BCUT2D eigenvalue weighted by Gasteiger charge is -2.14. The number of aromatic nitrogens is 5. The number of imidazole rings is 1. The Balaban J connectivity index is 1.43. The molecule has 7 nitrogen and oxygen atoms in total. The summed E-state index contributed by atoms with van der Waals surface area (Å²) in [5.41, 5.74) is 1.73. The van der Waals surface area contributed by atoms with E-state index >= 15 is 0 Å². The largest absolute Gasteiger partial charge is 0.417 e. The Morgan fingerprint density at radius 1 is 1.08 bits per heavy atom. The van der Waals surface area contributed by atoms with Crippen LogP contribution < -0.4 is 5.32 Å². The highest BCUT2D eigenvalue weighted by Gasteiger charge is 2.34. The van der Waals surface area contributed by atoms with Crippen LogP contribution in [-0.2, 0) is 6.18 Å². The van der Waals surface area contributed by atoms with Crippen molar-refractivity contribution in [3.8, 4) is 23.0 Å². The Kier molecular flexibility index (Phi) is 6.19. The standard InChI is InChI=1S/C25H14F3IN6O/c26-25(27,28)21-7-5-18(11-20(21)17-12-31-32-13-17)34-24(36)16-4-8-22(29)15(10-16)3-6-19-14-30-23-2-1-9-33-35(19)23/h1-2,4-5,7-14H,(H,31,32)(H,34,36). The van der Waals surface area contributed by atoms with Crippen molar-refractivity contribution in [2.45, 2.75) is 6.18 Å². The smallest absolute Gasteiger partial charge is 0.322 e. The van der Waals surface area contributed by atoms with E-state index < -0.39 is 17.6 Å². The molecule has 0 atom stereocenters. The molecule has 36 heavy (non-hydrogen) atoms. The van der Waals surface area contributed by atoms with Gasteiger partial charge in [0, 0.05) is 38.3 Å². The van der Waals surface area contributed by atoms with Gasteiger partial charge < -0.3 is 5.32 Å². The molecule has 2 aromatic carbocycles. The van der Waals surface area contributed by atoms with Gasteiger partial charge in [-0.2, -0.15) is 23.4 Å². The average molecular weight is 598 g/mol. The topological polar surface area (TPSA) is 88.0 Å². The second-order valence-corrected chi connectivity index (χ2v) is 8.74. The third-order valence-electron chi connectivity index (χ3n) is 5.22. The van der Waals surface area contributed by atoms with Gasteiger partial charge in [0.15, 0.2) is 5.65 Å². The number of fused-ring (bicyclic) bond motifs is 1. The van der Waals surface area contributed by atoms with Crippen LogP contribution >= 0.6 is 22.6 Å². The van der Waals surface area contributed by atoms with Gasteiger partial charge in [-0.1, -0.05) is 5.92 Å². The molecule has 2 N–H and O–H groups in total. The zero-order valence-electron chi connectivity index (χ0n) is 18.1. The highest BCUT2D eigenvalue weighted by atomic mass is 127. The number of benzene rings is 2. The number of H-pyrrole nitrogens is 1. The Morgan fingerprint density at radius 3 is 2.72 bits per heavy atom. The lowest BCUT2D eigenvalue weighted by Crippen LogP contribution is -2.13. The van der Waals surface area contributed by atoms with Crippen molar-refractivity contribution in [1.82, 2.24) is 24.8 Å². The predicted molar refractivity (Wildman–Crippen MR) is 135 cm³/mol. The number of carbonyl (C=O) groups is 1. The Morgan fingerprint density at radius 2 is 1.94 bits per heavy atom. The zero-order chi connectivity index (χ0) is 25.3. The fraction of sp³-hybridized carbons (Fsp3) is 0.0400. The molecular weight excluding hydrogens is 584 g/mol. The summed E-state index contributed by atoms with van der Waals surface area (Å²) in [6, 6.07) is 12.0. The molecule has 0 fully saturated rings. The van der Waals surface area contributed by atoms with Crippen molar-refractivity contribution in [2.24, 2.45) is 0 Å². The maximum Gasteiger partial charge on any atom is 0.417 e. The van der Waals surface area contributed by atoms with Crippen LogP contribution in [0.2, 0.25) is 0 Å². The first-order valence-corrected chi connectivity index (χ1v) is 11.5. The summed E-state index contributed by atoms with van der Waals surface area (Å²) in [5, 5.41) is 13.1. The van der Waals surface area contributed by atoms with E-state index in [4.69, 9.17) is 0 Å². The lowest BCUT2D eigenvalue weighted by atomic mass is 10.0. The fourth-order valence-corrected chi connectivity index (χ4v) is 3.99. The van der Waals surface area contributed by atoms with Crippen LogP contribution in [0.1, 0.15) is 27.2 Å². The quantitative estimate of drug-likeness (QED) is 0.215. The number of carbonyl (C=O) groups excluding carboxylic acids is 1. The van der Waals surface area contributed by atoms with E-state index in [1.54, 1.807) is 41.2 Å². The van der Waals surface area contributed by atoms with Crippen molar-refractivity contribution < 1.29 is 18.0 Å². The van der Waals surface area contributed by atoms with Crippen LogP contribution in [0.4, 0.5) is 18.9 Å². The summed E-state index contributed by atoms with van der Waals surface area (Å²) < 4.78 is 42.9. The zero-order valence-corrected chi connectivity index (χ0v) is 20.3. The summed E-state index contributed by atoms with van der Waals surface area (Å²) in [4.78, 5) is 17.2. The van der Waals surface area contributed by atoms with Crippen LogP contribution in [0.5, 0.6) is 0 Å². The third kappa shape index (κ3) is 4.80. The van der Waals surface area contributed by atoms with Crippen LogP contribution in [0.3, 0.4) is 0 Å². The van der Waals surface area contributed by atoms with Crippen molar-refractivity contribution in [3.05, 3.63) is 99.3 Å². The molecule has 0 spiro atoms. The van der Waals surface area contributed by atoms with Crippen molar-refractivity contribution >= 4 is 39.8 Å². The molecule has 0 unspecified atom stereocenters. The summed E-state index contributed by atoms with van der Waals surface area (Å²) >= 11 is 2.12. The molecule has 0 bridgehead atoms. The van der Waals surface area contributed by atoms with Crippen LogP contribution in [0, 0.1) is 15.4 Å². The number of amides is 1. The molecule has 0 saturated heterocycles. The summed E-state index contributed by atoms with van der Waals surface area (Å²) in [7, 11) is 0. The number of nitrogens with zero attached hydrogens (tertiary/aromatic N) is 4. The van der Waals surface area contributed by atoms with Gasteiger partial charge in [0.25, 0.3) is 5.91 Å². The normalized spacial score (nSPS) is 11.2. The van der Waals surface area contributed by atoms with Crippen LogP contribution in [0.15, 0.2) is 73.3 Å². The van der Waals surface area contributed by atoms with Gasteiger partial charge in [0.1, 0.15) is 5.69 Å². The molecule has 5 rings (SSSR count). The molecule has 3 aromatic heterocycles. The van der Waals surface area contributed by atoms with E-state index in [1.165, 1.54) is 24.5 Å². The Hall–Kier alpha value is -4.18. The molecule has 11 heteroatoms. The monoisotopic (exact) mass is 598 g/mol. The van der Waals surface area contributed by atoms with E-state index in [0.717, 1.165) is 9.64 Å². The maximum absolute atomic E-state index is 13.5. The Bertz CT molecular complexity index is 1650. The highest BCUT2D eigenvalue weighted by Crippen LogP contribution is 2.38. The minimum atomic E-state index is -4.56. The molecule has 0 aliphatic rings. The molecule has 0 aliphatic heterocycles. The number of alkyl halides is 3. The third-order valence-corrected chi connectivity index (χ3v) is 6.16. The molecule has 0 saturated carbocycles. The van der Waals surface area contributed by atoms with E-state index in [-0.39, 0.29) is 16.8 Å². The highest BCUT2D eigenvalue weighted by molar-refractivity contribution is 14.1. The average Bonchev–Trinajstić information content (AvgIpc) is 3.53. The lowest BCUT2D eigenvalue weighted by molar-refractivity contribution is -0.137. The molecular formula is C25H14F3IN6O. The first-order valence-electron chi connectivity index (χ1n) is 10.4. The number of aromatic amines is 1.